The van der Waals surface area contributed by atoms with Crippen molar-refractivity contribution in [1.29, 1.82) is 0 Å². The summed E-state index contributed by atoms with van der Waals surface area (Å²) in [6.07, 6.45) is 1.53. The molecule has 150 valence electrons. The smallest absolute Gasteiger partial charge is 0.320 e. The highest BCUT2D eigenvalue weighted by Gasteiger charge is 2.17. The summed E-state index contributed by atoms with van der Waals surface area (Å²) in [6, 6.07) is 6.24. The van der Waals surface area contributed by atoms with E-state index in [1.54, 1.807) is 38.3 Å². The zero-order valence-electron chi connectivity index (χ0n) is 16.6. The summed E-state index contributed by atoms with van der Waals surface area (Å²) in [5.74, 6) is 1.59. The van der Waals surface area contributed by atoms with Crippen LogP contribution in [0.4, 0.5) is 16.4 Å². The fourth-order valence-electron chi connectivity index (χ4n) is 2.10. The van der Waals surface area contributed by atoms with Crippen LogP contribution in [0.25, 0.3) is 0 Å². The minimum atomic E-state index is -0.459. The molecule has 0 bridgehead atoms. The van der Waals surface area contributed by atoms with Gasteiger partial charge in [0.2, 0.25) is 5.91 Å². The summed E-state index contributed by atoms with van der Waals surface area (Å²) in [6.45, 7) is 7.27. The van der Waals surface area contributed by atoms with Crippen LogP contribution in [0.15, 0.2) is 30.5 Å². The Bertz CT molecular complexity index is 854. The number of anilines is 2. The SMILES string of the molecule is COC(C)(C)CNC(=O)Nc1ccc(Oc2ccnc(NC(C)=O)c2)c(C)n1. The molecule has 0 saturated heterocycles. The van der Waals surface area contributed by atoms with Gasteiger partial charge in [0, 0.05) is 32.8 Å². The van der Waals surface area contributed by atoms with E-state index in [1.807, 2.05) is 13.8 Å². The number of carbonyl (C=O) groups excluding carboxylic acids is 2. The van der Waals surface area contributed by atoms with Crippen molar-refractivity contribution in [2.24, 2.45) is 0 Å². The fraction of sp³-hybridized carbons (Fsp3) is 0.368. The van der Waals surface area contributed by atoms with Crippen LogP contribution in [0.2, 0.25) is 0 Å². The Balaban J connectivity index is 2.00. The van der Waals surface area contributed by atoms with Gasteiger partial charge in [-0.3, -0.25) is 10.1 Å². The zero-order valence-corrected chi connectivity index (χ0v) is 16.6. The monoisotopic (exact) mass is 387 g/mol. The Kier molecular flexibility index (Phi) is 6.89. The van der Waals surface area contributed by atoms with Crippen molar-refractivity contribution in [3.63, 3.8) is 0 Å². The van der Waals surface area contributed by atoms with Gasteiger partial charge in [-0.25, -0.2) is 14.8 Å². The van der Waals surface area contributed by atoms with Crippen molar-refractivity contribution in [3.8, 4) is 11.5 Å². The molecule has 0 radical (unpaired) electrons. The van der Waals surface area contributed by atoms with Crippen LogP contribution < -0.4 is 20.7 Å². The standard InChI is InChI=1S/C19H25N5O4/c1-12-15(28-14-8-9-20-17(10-14)23-13(2)25)6-7-16(22-12)24-18(26)21-11-19(3,4)27-5/h6-10H,11H2,1-5H3,(H,20,23,25)(H2,21,22,24,26). The Morgan fingerprint density at radius 1 is 1.14 bits per heavy atom. The number of pyridine rings is 2. The van der Waals surface area contributed by atoms with Crippen LogP contribution in [-0.2, 0) is 9.53 Å². The lowest BCUT2D eigenvalue weighted by molar-refractivity contribution is -0.114. The molecule has 2 aromatic heterocycles. The molecule has 3 N–H and O–H groups in total. The average molecular weight is 387 g/mol. The third-order valence-electron chi connectivity index (χ3n) is 3.77. The van der Waals surface area contributed by atoms with Gasteiger partial charge < -0.3 is 20.1 Å². The molecular weight excluding hydrogens is 362 g/mol. The third-order valence-corrected chi connectivity index (χ3v) is 3.77. The van der Waals surface area contributed by atoms with E-state index in [-0.39, 0.29) is 11.9 Å². The first-order valence-electron chi connectivity index (χ1n) is 8.68. The number of methoxy groups -OCH3 is 1. The normalized spacial score (nSPS) is 10.9. The third kappa shape index (κ3) is 6.51. The van der Waals surface area contributed by atoms with Gasteiger partial charge in [-0.1, -0.05) is 0 Å². The van der Waals surface area contributed by atoms with E-state index in [4.69, 9.17) is 9.47 Å². The van der Waals surface area contributed by atoms with E-state index in [0.29, 0.717) is 35.4 Å². The van der Waals surface area contributed by atoms with Crippen molar-refractivity contribution in [3.05, 3.63) is 36.2 Å². The first-order chi connectivity index (χ1) is 13.2. The van der Waals surface area contributed by atoms with Crippen molar-refractivity contribution in [2.75, 3.05) is 24.3 Å². The van der Waals surface area contributed by atoms with Gasteiger partial charge in [-0.15, -0.1) is 0 Å². The Labute approximate surface area is 163 Å². The lowest BCUT2D eigenvalue weighted by atomic mass is 10.1. The minimum absolute atomic E-state index is 0.218. The summed E-state index contributed by atoms with van der Waals surface area (Å²) < 4.78 is 11.1. The number of aromatic nitrogens is 2. The highest BCUT2D eigenvalue weighted by molar-refractivity contribution is 5.88. The van der Waals surface area contributed by atoms with Crippen LogP contribution in [-0.4, -0.2) is 41.2 Å². The highest BCUT2D eigenvalue weighted by Crippen LogP contribution is 2.26. The fourth-order valence-corrected chi connectivity index (χ4v) is 2.10. The maximum atomic E-state index is 12.0. The number of urea groups is 1. The second-order valence-corrected chi connectivity index (χ2v) is 6.71. The lowest BCUT2D eigenvalue weighted by Gasteiger charge is -2.23. The van der Waals surface area contributed by atoms with Gasteiger partial charge in [0.1, 0.15) is 23.1 Å². The van der Waals surface area contributed by atoms with Gasteiger partial charge >= 0.3 is 6.03 Å². The van der Waals surface area contributed by atoms with Crippen molar-refractivity contribution >= 4 is 23.6 Å². The van der Waals surface area contributed by atoms with Crippen molar-refractivity contribution < 1.29 is 19.1 Å². The second kappa shape index (κ2) is 9.14. The van der Waals surface area contributed by atoms with Gasteiger partial charge in [0.15, 0.2) is 0 Å². The number of amides is 3. The number of hydrogen-bond acceptors (Lipinski definition) is 6. The first kappa shape index (κ1) is 21.1. The van der Waals surface area contributed by atoms with E-state index in [2.05, 4.69) is 25.9 Å². The largest absolute Gasteiger partial charge is 0.455 e. The zero-order chi connectivity index (χ0) is 20.7. The molecule has 2 heterocycles. The molecule has 0 fully saturated rings. The van der Waals surface area contributed by atoms with E-state index in [0.717, 1.165) is 0 Å². The quantitative estimate of drug-likeness (QED) is 0.673. The topological polar surface area (TPSA) is 114 Å². The molecule has 0 aliphatic carbocycles. The predicted octanol–water partition coefficient (Wildman–Crippen LogP) is 3.08. The summed E-state index contributed by atoms with van der Waals surface area (Å²) >= 11 is 0. The van der Waals surface area contributed by atoms with Gasteiger partial charge in [-0.2, -0.15) is 0 Å². The summed E-state index contributed by atoms with van der Waals surface area (Å²) in [7, 11) is 1.59. The number of ether oxygens (including phenoxy) is 2. The predicted molar refractivity (Wildman–Crippen MR) is 106 cm³/mol. The molecular formula is C19H25N5O4. The molecule has 9 nitrogen and oxygen atoms in total. The Morgan fingerprint density at radius 3 is 2.54 bits per heavy atom. The molecule has 3 amide bonds. The number of nitrogens with one attached hydrogen (secondary N) is 3. The Hall–Kier alpha value is -3.20. The Morgan fingerprint density at radius 2 is 1.89 bits per heavy atom. The first-order valence-corrected chi connectivity index (χ1v) is 8.68. The number of rotatable bonds is 7. The summed E-state index contributed by atoms with van der Waals surface area (Å²) in [5.41, 5.74) is 0.131. The molecule has 28 heavy (non-hydrogen) atoms. The molecule has 0 aromatic carbocycles. The van der Waals surface area contributed by atoms with E-state index >= 15 is 0 Å². The maximum Gasteiger partial charge on any atom is 0.320 e. The van der Waals surface area contributed by atoms with Crippen molar-refractivity contribution in [2.45, 2.75) is 33.3 Å². The van der Waals surface area contributed by atoms with Crippen LogP contribution in [0.5, 0.6) is 11.5 Å². The number of nitrogens with zero attached hydrogens (tertiary/aromatic N) is 2. The molecule has 0 saturated carbocycles. The van der Waals surface area contributed by atoms with E-state index in [9.17, 15) is 9.59 Å². The van der Waals surface area contributed by atoms with Gasteiger partial charge in [0.25, 0.3) is 0 Å². The number of carbonyl (C=O) groups is 2. The average Bonchev–Trinajstić information content (AvgIpc) is 2.62. The molecule has 2 aromatic rings. The molecule has 0 spiro atoms. The molecule has 0 aliphatic heterocycles. The molecule has 0 aliphatic rings. The molecule has 9 heteroatoms. The molecule has 2 rings (SSSR count). The summed E-state index contributed by atoms with van der Waals surface area (Å²) in [5, 5.41) is 8.00. The maximum absolute atomic E-state index is 12.0. The lowest BCUT2D eigenvalue weighted by Crippen LogP contribution is -2.41. The second-order valence-electron chi connectivity index (χ2n) is 6.71. The molecule has 0 atom stereocenters. The van der Waals surface area contributed by atoms with Crippen LogP contribution in [0, 0.1) is 6.92 Å². The van der Waals surface area contributed by atoms with Crippen LogP contribution in [0.1, 0.15) is 26.5 Å². The summed E-state index contributed by atoms with van der Waals surface area (Å²) in [4.78, 5) is 31.5. The van der Waals surface area contributed by atoms with E-state index < -0.39 is 5.60 Å². The minimum Gasteiger partial charge on any atom is -0.455 e. The van der Waals surface area contributed by atoms with Gasteiger partial charge in [-0.05, 0) is 39.0 Å². The highest BCUT2D eigenvalue weighted by atomic mass is 16.5. The molecule has 0 unspecified atom stereocenters. The van der Waals surface area contributed by atoms with Crippen LogP contribution in [0.3, 0.4) is 0 Å². The van der Waals surface area contributed by atoms with Gasteiger partial charge in [0.05, 0.1) is 11.3 Å². The van der Waals surface area contributed by atoms with Crippen LogP contribution >= 0.6 is 0 Å². The van der Waals surface area contributed by atoms with E-state index in [1.165, 1.54) is 13.1 Å². The number of aryl methyl sites for hydroxylation is 1. The van der Waals surface area contributed by atoms with Crippen molar-refractivity contribution in [1.82, 2.24) is 15.3 Å². The number of hydrogen-bond donors (Lipinski definition) is 3.